The van der Waals surface area contributed by atoms with Crippen molar-refractivity contribution in [2.24, 2.45) is 5.16 Å². The zero-order valence-corrected chi connectivity index (χ0v) is 20.5. The van der Waals surface area contributed by atoms with Crippen LogP contribution in [0.15, 0.2) is 35.5 Å². The fourth-order valence-corrected chi connectivity index (χ4v) is 4.19. The number of aliphatic hydroxyl groups is 4. The first-order valence-electron chi connectivity index (χ1n) is 8.43. The molecule has 160 valence electrons. The van der Waals surface area contributed by atoms with E-state index < -0.39 is 46.9 Å². The Balaban J connectivity index is 0.00000320. The minimum Gasteiger partial charge on any atom is -0.714 e. The Morgan fingerprint density at radius 2 is 1.93 bits per heavy atom. The Morgan fingerprint density at radius 3 is 2.57 bits per heavy atom. The van der Waals surface area contributed by atoms with E-state index in [1.54, 1.807) is 6.07 Å². The molecule has 0 radical (unpaired) electrons. The first kappa shape index (κ1) is 26.2. The van der Waals surface area contributed by atoms with Crippen LogP contribution in [-0.2, 0) is 25.8 Å². The predicted octanol–water partition coefficient (Wildman–Crippen LogP) is -3.96. The van der Waals surface area contributed by atoms with E-state index >= 15 is 0 Å². The van der Waals surface area contributed by atoms with Crippen LogP contribution < -0.4 is 51.4 Å². The minimum absolute atomic E-state index is 0. The molecule has 0 bridgehead atoms. The van der Waals surface area contributed by atoms with E-state index in [0.29, 0.717) is 17.5 Å². The predicted molar refractivity (Wildman–Crippen MR) is 102 cm³/mol. The van der Waals surface area contributed by atoms with Gasteiger partial charge in [-0.15, -0.1) is 0 Å². The minimum atomic E-state index is -5.12. The fraction of sp³-hybridized carbons (Fsp3) is 0.438. The number of nitrogens with zero attached hydrogens (tertiary/aromatic N) is 1. The second-order valence-corrected chi connectivity index (χ2v) is 8.48. The first-order valence-corrected chi connectivity index (χ1v) is 10.6. The summed E-state index contributed by atoms with van der Waals surface area (Å²) in [6.07, 6.45) is -5.89. The Morgan fingerprint density at radius 1 is 1.23 bits per heavy atom. The number of H-pyrrole nitrogens is 1. The van der Waals surface area contributed by atoms with Crippen molar-refractivity contribution in [1.29, 1.82) is 0 Å². The van der Waals surface area contributed by atoms with Crippen molar-refractivity contribution in [3.8, 4) is 0 Å². The van der Waals surface area contributed by atoms with Crippen molar-refractivity contribution >= 4 is 38.1 Å². The second-order valence-electron chi connectivity index (χ2n) is 6.34. The number of benzene rings is 1. The van der Waals surface area contributed by atoms with Crippen LogP contribution in [0.25, 0.3) is 10.9 Å². The third-order valence-corrected chi connectivity index (χ3v) is 5.63. The number of fused-ring (bicyclic) bond motifs is 1. The number of para-hydroxylation sites is 1. The van der Waals surface area contributed by atoms with E-state index in [1.165, 1.54) is 0 Å². The molecule has 1 fully saturated rings. The number of nitrogens with one attached hydrogen (secondary N) is 1. The summed E-state index contributed by atoms with van der Waals surface area (Å²) in [6, 6.07) is 9.14. The van der Waals surface area contributed by atoms with Gasteiger partial charge < -0.3 is 34.7 Å². The first-order chi connectivity index (χ1) is 13.7. The van der Waals surface area contributed by atoms with Crippen molar-refractivity contribution in [2.45, 2.75) is 36.3 Å². The largest absolute Gasteiger partial charge is 1.00 e. The summed E-state index contributed by atoms with van der Waals surface area (Å²) in [5, 5.41) is 43.4. The van der Waals surface area contributed by atoms with Crippen LogP contribution in [0.5, 0.6) is 0 Å². The standard InChI is InChI=1S/C16H20N2O9S2.K/c19-7-11-13(20)14(21)15(22)16(26-11)28-12(18-27-29(23,24)25)6-9-5-8-3-1-2-4-10(8)17-9;/h1-5,11,13-17,19-22H,6-7H2,(H,23,24,25);/q;+1/p-1/b18-12+;/t11-,13-,14+,15-,16+;/m1./s1. The van der Waals surface area contributed by atoms with Crippen LogP contribution in [0.3, 0.4) is 0 Å². The van der Waals surface area contributed by atoms with Crippen LogP contribution >= 0.6 is 11.8 Å². The molecule has 0 saturated carbocycles. The number of thioether (sulfide) groups is 1. The zero-order valence-electron chi connectivity index (χ0n) is 15.8. The summed E-state index contributed by atoms with van der Waals surface area (Å²) in [7, 11) is -5.12. The molecule has 1 aliphatic rings. The number of hydrogen-bond acceptors (Lipinski definition) is 11. The summed E-state index contributed by atoms with van der Waals surface area (Å²) in [5.41, 5.74) is 0.206. The molecule has 0 unspecified atom stereocenters. The molecule has 0 amide bonds. The summed E-state index contributed by atoms with van der Waals surface area (Å²) < 4.78 is 41.7. The normalized spacial score (nSPS) is 27.6. The molecular formula is C16H19KN2O9S2. The maximum atomic E-state index is 10.8. The molecule has 14 heteroatoms. The van der Waals surface area contributed by atoms with Crippen molar-refractivity contribution in [3.63, 3.8) is 0 Å². The smallest absolute Gasteiger partial charge is 0.714 e. The van der Waals surface area contributed by atoms with Crippen molar-refractivity contribution in [2.75, 3.05) is 6.61 Å². The van der Waals surface area contributed by atoms with Crippen molar-refractivity contribution < 1.29 is 93.8 Å². The Kier molecular flexibility index (Phi) is 9.75. The van der Waals surface area contributed by atoms with E-state index in [-0.39, 0.29) is 62.8 Å². The number of hydrogen-bond donors (Lipinski definition) is 5. The topological polar surface area (TPSA) is 185 Å². The molecule has 0 aliphatic carbocycles. The fourth-order valence-electron chi connectivity index (χ4n) is 2.87. The number of aromatic amines is 1. The SMILES string of the molecule is O=S(=O)([O-])O/N=C(\Cc1cc2ccccc2[nH]1)S[C@@H]1O[C@H](CO)[C@@H](O)[C@H](O)[C@H]1O.[K+]. The molecule has 1 saturated heterocycles. The number of oxime groups is 1. The molecule has 1 aromatic carbocycles. The zero-order chi connectivity index (χ0) is 21.2. The van der Waals surface area contributed by atoms with Gasteiger partial charge in [-0.05, 0) is 17.5 Å². The molecule has 5 N–H and O–H groups in total. The van der Waals surface area contributed by atoms with Gasteiger partial charge in [-0.25, -0.2) is 0 Å². The Hall–Kier alpha value is -0.0736. The maximum absolute atomic E-state index is 10.8. The van der Waals surface area contributed by atoms with E-state index in [2.05, 4.69) is 14.4 Å². The molecule has 5 atom stereocenters. The van der Waals surface area contributed by atoms with Crippen molar-refractivity contribution in [1.82, 2.24) is 4.98 Å². The van der Waals surface area contributed by atoms with Crippen LogP contribution in [0.4, 0.5) is 0 Å². The van der Waals surface area contributed by atoms with Crippen LogP contribution in [-0.4, -0.2) is 79.9 Å². The van der Waals surface area contributed by atoms with Gasteiger partial charge in [-0.2, -0.15) is 8.42 Å². The third kappa shape index (κ3) is 6.71. The molecule has 2 aromatic rings. The monoisotopic (exact) mass is 486 g/mol. The second kappa shape index (κ2) is 11.2. The summed E-state index contributed by atoms with van der Waals surface area (Å²) in [6.45, 7) is -0.623. The quantitative estimate of drug-likeness (QED) is 0.0674. The van der Waals surface area contributed by atoms with Gasteiger partial charge in [0.15, 0.2) is 0 Å². The van der Waals surface area contributed by atoms with E-state index in [1.807, 2.05) is 24.3 Å². The molecule has 30 heavy (non-hydrogen) atoms. The molecule has 1 aliphatic heterocycles. The average Bonchev–Trinajstić information content (AvgIpc) is 3.08. The Bertz CT molecular complexity index is 949. The van der Waals surface area contributed by atoms with Gasteiger partial charge in [0.2, 0.25) is 0 Å². The van der Waals surface area contributed by atoms with E-state index in [9.17, 15) is 33.4 Å². The van der Waals surface area contributed by atoms with Crippen molar-refractivity contribution in [3.05, 3.63) is 36.0 Å². The maximum Gasteiger partial charge on any atom is 1.00 e. The summed E-state index contributed by atoms with van der Waals surface area (Å²) >= 11 is 0.691. The third-order valence-electron chi connectivity index (χ3n) is 4.26. The number of aromatic nitrogens is 1. The van der Waals surface area contributed by atoms with Crippen LogP contribution in [0, 0.1) is 0 Å². The average molecular weight is 487 g/mol. The van der Waals surface area contributed by atoms with Gasteiger partial charge in [0, 0.05) is 17.6 Å². The summed E-state index contributed by atoms with van der Waals surface area (Å²) in [4.78, 5) is 3.10. The molecule has 0 spiro atoms. The van der Waals surface area contributed by atoms with Gasteiger partial charge in [0.25, 0.3) is 10.4 Å². The number of ether oxygens (including phenoxy) is 1. The van der Waals surface area contributed by atoms with Gasteiger partial charge >= 0.3 is 51.4 Å². The van der Waals surface area contributed by atoms with Gasteiger partial charge in [0.05, 0.1) is 6.61 Å². The van der Waals surface area contributed by atoms with Crippen LogP contribution in [0.1, 0.15) is 5.69 Å². The molecule has 2 heterocycles. The van der Waals surface area contributed by atoms with Gasteiger partial charge in [-0.3, -0.25) is 4.28 Å². The number of aliphatic hydroxyl groups excluding tert-OH is 4. The van der Waals surface area contributed by atoms with Gasteiger partial charge in [0.1, 0.15) is 34.9 Å². The van der Waals surface area contributed by atoms with Crippen LogP contribution in [0.2, 0.25) is 0 Å². The Labute approximate surface area is 218 Å². The summed E-state index contributed by atoms with van der Waals surface area (Å²) in [5.74, 6) is 0. The van der Waals surface area contributed by atoms with Gasteiger partial charge in [-0.1, -0.05) is 35.1 Å². The van der Waals surface area contributed by atoms with E-state index in [0.717, 1.165) is 10.9 Å². The molecule has 1 aromatic heterocycles. The molecule has 11 nitrogen and oxygen atoms in total. The molecule has 3 rings (SSSR count). The molecular weight excluding hydrogens is 467 g/mol. The van der Waals surface area contributed by atoms with E-state index in [4.69, 9.17) is 4.74 Å². The number of rotatable bonds is 6.